The maximum absolute atomic E-state index is 10.7. The minimum absolute atomic E-state index is 0.971. The number of halogens is 3. The van der Waals surface area contributed by atoms with Crippen LogP contribution in [0.2, 0.25) is 0 Å². The van der Waals surface area contributed by atoms with Crippen LogP contribution in [0.4, 0.5) is 4.79 Å². The van der Waals surface area contributed by atoms with E-state index in [-0.39, 0.29) is 0 Å². The number of nitrogens with one attached hydrogen (secondary N) is 2. The fourth-order valence-corrected chi connectivity index (χ4v) is 0.407. The molecule has 0 aliphatic heterocycles. The Hall–Kier alpha value is -0.230. The highest BCUT2D eigenvalue weighted by atomic mass is 35.6. The van der Waals surface area contributed by atoms with Crippen LogP contribution in [-0.4, -0.2) is 15.7 Å². The Kier molecular flexibility index (Phi) is 4.62. The number of alkyl halides is 3. The molecule has 0 rings (SSSR count). The molecule has 0 unspecified atom stereocenters. The summed E-state index contributed by atoms with van der Waals surface area (Å²) >= 11 is 15.3. The summed E-state index contributed by atoms with van der Waals surface area (Å²) in [6.45, 7) is 0. The van der Waals surface area contributed by atoms with Crippen LogP contribution < -0.4 is 10.8 Å². The first-order valence-electron chi connectivity index (χ1n) is 2.47. The van der Waals surface area contributed by atoms with Gasteiger partial charge in [-0.25, -0.2) is 10.3 Å². The average Bonchev–Trinajstić information content (AvgIpc) is 1.85. The lowest BCUT2D eigenvalue weighted by Crippen LogP contribution is -2.43. The number of amides is 3. The van der Waals surface area contributed by atoms with Crippen LogP contribution in [0.3, 0.4) is 0 Å². The molecule has 69 valence electrons. The zero-order chi connectivity index (χ0) is 9.78. The summed E-state index contributed by atoms with van der Waals surface area (Å²) in [5, 5.41) is 1.67. The molecule has 0 heterocycles. The van der Waals surface area contributed by atoms with Crippen molar-refractivity contribution in [2.75, 3.05) is 0 Å². The van der Waals surface area contributed by atoms with Crippen LogP contribution in [0, 0.1) is 7.11 Å². The molecule has 1 radical (unpaired) electrons. The average molecular weight is 234 g/mol. The molecule has 0 spiro atoms. The number of hydrogen-bond acceptors (Lipinski definition) is 3. The fraction of sp³-hybridized carbons (Fsp3) is 0.250. The van der Waals surface area contributed by atoms with Gasteiger partial charge in [0.25, 0.3) is 9.70 Å². The van der Waals surface area contributed by atoms with E-state index in [1.54, 1.807) is 10.8 Å². The second-order valence-corrected chi connectivity index (χ2v) is 3.81. The van der Waals surface area contributed by atoms with E-state index in [1.165, 1.54) is 0 Å². The molecule has 12 heavy (non-hydrogen) atoms. The Morgan fingerprint density at radius 3 is 2.17 bits per heavy atom. The van der Waals surface area contributed by atoms with E-state index in [1.807, 2.05) is 0 Å². The standard InChI is InChI=1S/C4H4Cl3N2O3/c1-12-9-3(11)8-2(10)4(5,6)7/h1H2,(H2,8,9,10,11). The van der Waals surface area contributed by atoms with Crippen molar-refractivity contribution >= 4 is 46.7 Å². The normalized spacial score (nSPS) is 10.7. The molecular weight excluding hydrogens is 230 g/mol. The van der Waals surface area contributed by atoms with E-state index in [2.05, 4.69) is 11.9 Å². The molecular formula is C4H4Cl3N2O3. The molecule has 0 aliphatic carbocycles. The molecule has 0 saturated heterocycles. The molecule has 5 nitrogen and oxygen atoms in total. The smallest absolute Gasteiger partial charge is 0.273 e. The monoisotopic (exact) mass is 233 g/mol. The summed E-state index contributed by atoms with van der Waals surface area (Å²) in [6, 6.07) is -0.971. The number of carbonyl (C=O) groups is 2. The Bertz CT molecular complexity index is 190. The molecule has 8 heteroatoms. The van der Waals surface area contributed by atoms with E-state index in [9.17, 15) is 9.59 Å². The molecule has 0 atom stereocenters. The highest BCUT2D eigenvalue weighted by Crippen LogP contribution is 2.25. The predicted molar refractivity (Wildman–Crippen MR) is 43.4 cm³/mol. The molecule has 0 bridgehead atoms. The zero-order valence-electron chi connectivity index (χ0n) is 5.57. The van der Waals surface area contributed by atoms with Crippen LogP contribution in [0.1, 0.15) is 0 Å². The van der Waals surface area contributed by atoms with Gasteiger partial charge in [0.15, 0.2) is 0 Å². The third kappa shape index (κ3) is 4.61. The Morgan fingerprint density at radius 2 is 1.83 bits per heavy atom. The number of urea groups is 1. The van der Waals surface area contributed by atoms with Gasteiger partial charge in [0.05, 0.1) is 0 Å². The lowest BCUT2D eigenvalue weighted by Gasteiger charge is -2.09. The van der Waals surface area contributed by atoms with Crippen molar-refractivity contribution in [1.82, 2.24) is 10.8 Å². The summed E-state index contributed by atoms with van der Waals surface area (Å²) in [6.07, 6.45) is 0. The quantitative estimate of drug-likeness (QED) is 0.523. The van der Waals surface area contributed by atoms with Crippen molar-refractivity contribution in [3.8, 4) is 0 Å². The van der Waals surface area contributed by atoms with Crippen LogP contribution in [0.25, 0.3) is 0 Å². The van der Waals surface area contributed by atoms with E-state index in [0.717, 1.165) is 0 Å². The van der Waals surface area contributed by atoms with E-state index in [0.29, 0.717) is 0 Å². The topological polar surface area (TPSA) is 67.4 Å². The molecule has 0 aromatic carbocycles. The molecule has 3 amide bonds. The number of carbonyl (C=O) groups excluding carboxylic acids is 2. The van der Waals surface area contributed by atoms with E-state index in [4.69, 9.17) is 34.8 Å². The maximum atomic E-state index is 10.7. The number of imide groups is 1. The molecule has 0 fully saturated rings. The van der Waals surface area contributed by atoms with Crippen LogP contribution >= 0.6 is 34.8 Å². The van der Waals surface area contributed by atoms with Crippen LogP contribution in [0.15, 0.2) is 0 Å². The van der Waals surface area contributed by atoms with Gasteiger partial charge in [0.2, 0.25) is 0 Å². The van der Waals surface area contributed by atoms with Crippen molar-refractivity contribution in [2.45, 2.75) is 3.79 Å². The highest BCUT2D eigenvalue weighted by Gasteiger charge is 2.31. The van der Waals surface area contributed by atoms with Gasteiger partial charge in [-0.05, 0) is 0 Å². The largest absolute Gasteiger partial charge is 0.345 e. The summed E-state index contributed by atoms with van der Waals surface area (Å²) in [7, 11) is 2.81. The summed E-state index contributed by atoms with van der Waals surface area (Å²) < 4.78 is -2.18. The lowest BCUT2D eigenvalue weighted by molar-refractivity contribution is -0.119. The van der Waals surface area contributed by atoms with Gasteiger partial charge in [-0.15, -0.1) is 0 Å². The van der Waals surface area contributed by atoms with E-state index >= 15 is 0 Å². The van der Waals surface area contributed by atoms with Crippen molar-refractivity contribution in [3.63, 3.8) is 0 Å². The van der Waals surface area contributed by atoms with Crippen molar-refractivity contribution in [2.24, 2.45) is 0 Å². The van der Waals surface area contributed by atoms with Gasteiger partial charge >= 0.3 is 6.03 Å². The summed E-state index contributed by atoms with van der Waals surface area (Å²) in [4.78, 5) is 25.1. The SMILES string of the molecule is [CH2]ONC(=O)NC(=O)C(Cl)(Cl)Cl. The second kappa shape index (κ2) is 4.71. The molecule has 0 aliphatic rings. The first-order valence-corrected chi connectivity index (χ1v) is 3.60. The Morgan fingerprint density at radius 1 is 1.33 bits per heavy atom. The third-order valence-corrected chi connectivity index (χ3v) is 1.16. The third-order valence-electron chi connectivity index (χ3n) is 0.649. The number of hydrogen-bond donors (Lipinski definition) is 2. The molecule has 0 saturated carbocycles. The first-order chi connectivity index (χ1) is 5.38. The molecule has 2 N–H and O–H groups in total. The maximum Gasteiger partial charge on any atom is 0.345 e. The van der Waals surface area contributed by atoms with Gasteiger partial charge in [0.1, 0.15) is 7.11 Å². The minimum atomic E-state index is -2.18. The molecule has 0 aromatic heterocycles. The highest BCUT2D eigenvalue weighted by molar-refractivity contribution is 6.76. The van der Waals surface area contributed by atoms with Crippen molar-refractivity contribution < 1.29 is 14.4 Å². The zero-order valence-corrected chi connectivity index (χ0v) is 7.83. The van der Waals surface area contributed by atoms with Gasteiger partial charge < -0.3 is 0 Å². The molecule has 0 aromatic rings. The van der Waals surface area contributed by atoms with Crippen molar-refractivity contribution in [3.05, 3.63) is 7.11 Å². The van der Waals surface area contributed by atoms with Crippen molar-refractivity contribution in [1.29, 1.82) is 0 Å². The summed E-state index contributed by atoms with van der Waals surface area (Å²) in [5.41, 5.74) is 1.69. The van der Waals surface area contributed by atoms with Gasteiger partial charge in [-0.3, -0.25) is 14.9 Å². The number of rotatable bonds is 1. The second-order valence-electron chi connectivity index (χ2n) is 1.53. The number of hydroxylamine groups is 1. The van der Waals surface area contributed by atoms with Crippen LogP contribution in [0.5, 0.6) is 0 Å². The Labute approximate surface area is 83.2 Å². The minimum Gasteiger partial charge on any atom is -0.273 e. The van der Waals surface area contributed by atoms with Crippen LogP contribution in [-0.2, 0) is 9.63 Å². The summed E-state index contributed by atoms with van der Waals surface area (Å²) in [5.74, 6) is -1.08. The Balaban J connectivity index is 3.94. The fourth-order valence-electron chi connectivity index (χ4n) is 0.265. The predicted octanol–water partition coefficient (Wildman–Crippen LogP) is 0.906. The lowest BCUT2D eigenvalue weighted by atomic mass is 10.7. The van der Waals surface area contributed by atoms with E-state index < -0.39 is 15.7 Å². The van der Waals surface area contributed by atoms with Gasteiger partial charge in [-0.2, -0.15) is 0 Å². The van der Waals surface area contributed by atoms with Gasteiger partial charge in [-0.1, -0.05) is 34.8 Å². The first kappa shape index (κ1) is 11.8. The van der Waals surface area contributed by atoms with Gasteiger partial charge in [0, 0.05) is 0 Å².